The van der Waals surface area contributed by atoms with E-state index in [9.17, 15) is 14.4 Å². The predicted octanol–water partition coefficient (Wildman–Crippen LogP) is 2.17. The summed E-state index contributed by atoms with van der Waals surface area (Å²) >= 11 is 3.38. The minimum atomic E-state index is -0.802. The lowest BCUT2D eigenvalue weighted by molar-refractivity contribution is -0.141. The number of nitrogens with zero attached hydrogens (tertiary/aromatic N) is 1. The number of anilines is 1. The maximum absolute atomic E-state index is 12.4. The Morgan fingerprint density at radius 2 is 2.04 bits per heavy atom. The molecule has 2 N–H and O–H groups in total. The van der Waals surface area contributed by atoms with E-state index < -0.39 is 5.97 Å². The maximum Gasteiger partial charge on any atom is 0.306 e. The van der Waals surface area contributed by atoms with Gasteiger partial charge in [-0.25, -0.2) is 0 Å². The van der Waals surface area contributed by atoms with Crippen molar-refractivity contribution in [1.82, 2.24) is 5.32 Å². The molecule has 2 fully saturated rings. The first-order chi connectivity index (χ1) is 11.4. The van der Waals surface area contributed by atoms with Crippen LogP contribution in [0.3, 0.4) is 0 Å². The number of carbonyl (C=O) groups is 3. The van der Waals surface area contributed by atoms with E-state index in [1.54, 1.807) is 4.90 Å². The molecule has 3 rings (SSSR count). The van der Waals surface area contributed by atoms with Crippen LogP contribution in [0.1, 0.15) is 25.7 Å². The van der Waals surface area contributed by atoms with Crippen molar-refractivity contribution in [3.05, 3.63) is 28.7 Å². The minimum Gasteiger partial charge on any atom is -0.481 e. The number of carboxylic acid groups (broad SMARTS) is 1. The second-order valence-electron chi connectivity index (χ2n) is 6.44. The summed E-state index contributed by atoms with van der Waals surface area (Å²) in [6.07, 6.45) is 1.93. The van der Waals surface area contributed by atoms with E-state index >= 15 is 0 Å². The van der Waals surface area contributed by atoms with Gasteiger partial charge in [0.15, 0.2) is 0 Å². The Hall–Kier alpha value is -1.89. The lowest BCUT2D eigenvalue weighted by Crippen LogP contribution is -2.39. The number of halogens is 1. The molecule has 0 spiro atoms. The third kappa shape index (κ3) is 3.61. The first kappa shape index (κ1) is 17.0. The van der Waals surface area contributed by atoms with Crippen molar-refractivity contribution in [3.63, 3.8) is 0 Å². The van der Waals surface area contributed by atoms with Gasteiger partial charge in [-0.05, 0) is 37.5 Å². The molecular weight excluding hydrogens is 376 g/mol. The predicted molar refractivity (Wildman–Crippen MR) is 91.5 cm³/mol. The number of rotatable bonds is 4. The van der Waals surface area contributed by atoms with Crippen LogP contribution in [-0.2, 0) is 14.4 Å². The van der Waals surface area contributed by atoms with E-state index in [2.05, 4.69) is 21.2 Å². The van der Waals surface area contributed by atoms with Crippen LogP contribution in [0, 0.1) is 11.8 Å². The number of amides is 2. The number of carbonyl (C=O) groups excluding carboxylic acids is 2. The Morgan fingerprint density at radius 3 is 2.71 bits per heavy atom. The normalized spacial score (nSPS) is 26.6. The smallest absolute Gasteiger partial charge is 0.306 e. The molecular formula is C17H19BrN2O4. The Morgan fingerprint density at radius 1 is 1.25 bits per heavy atom. The van der Waals surface area contributed by atoms with Crippen LogP contribution in [0.15, 0.2) is 28.7 Å². The second-order valence-corrected chi connectivity index (χ2v) is 7.35. The summed E-state index contributed by atoms with van der Waals surface area (Å²) < 4.78 is 0.881. The van der Waals surface area contributed by atoms with Gasteiger partial charge in [0.05, 0.1) is 11.8 Å². The summed E-state index contributed by atoms with van der Waals surface area (Å²) in [5, 5.41) is 11.9. The number of carboxylic acids is 1. The van der Waals surface area contributed by atoms with Crippen LogP contribution < -0.4 is 10.2 Å². The van der Waals surface area contributed by atoms with Gasteiger partial charge in [0.2, 0.25) is 11.8 Å². The lowest BCUT2D eigenvalue weighted by atomic mass is 10.1. The van der Waals surface area contributed by atoms with Gasteiger partial charge in [-0.15, -0.1) is 0 Å². The highest BCUT2D eigenvalue weighted by Gasteiger charge is 2.37. The largest absolute Gasteiger partial charge is 0.481 e. The molecule has 1 aromatic carbocycles. The zero-order chi connectivity index (χ0) is 17.3. The molecule has 1 aromatic rings. The van der Waals surface area contributed by atoms with Crippen molar-refractivity contribution in [2.24, 2.45) is 11.8 Å². The third-order valence-electron chi connectivity index (χ3n) is 4.74. The zero-order valence-electron chi connectivity index (χ0n) is 13.1. The van der Waals surface area contributed by atoms with E-state index in [1.165, 1.54) is 0 Å². The molecule has 0 radical (unpaired) electrons. The highest BCUT2D eigenvalue weighted by atomic mass is 79.9. The van der Waals surface area contributed by atoms with E-state index in [1.807, 2.05) is 24.3 Å². The maximum atomic E-state index is 12.4. The van der Waals surface area contributed by atoms with E-state index in [-0.39, 0.29) is 36.1 Å². The molecule has 7 heteroatoms. The molecule has 1 saturated carbocycles. The Labute approximate surface area is 148 Å². The van der Waals surface area contributed by atoms with Crippen LogP contribution in [0.2, 0.25) is 0 Å². The number of nitrogens with one attached hydrogen (secondary N) is 1. The minimum absolute atomic E-state index is 0.0666. The number of aliphatic carboxylic acids is 1. The van der Waals surface area contributed by atoms with Crippen LogP contribution in [0.25, 0.3) is 0 Å². The monoisotopic (exact) mass is 394 g/mol. The van der Waals surface area contributed by atoms with E-state index in [4.69, 9.17) is 5.11 Å². The average Bonchev–Trinajstić information content (AvgIpc) is 3.14. The Bertz CT molecular complexity index is 678. The van der Waals surface area contributed by atoms with Gasteiger partial charge in [-0.1, -0.05) is 22.0 Å². The SMILES string of the molecule is O=C(N[C@H]1CC[C@@H](C(=O)O)C1)C1CC(=O)N(c2cccc(Br)c2)C1. The Kier molecular flexibility index (Phi) is 4.89. The van der Waals surface area contributed by atoms with Crippen molar-refractivity contribution < 1.29 is 19.5 Å². The molecule has 1 aliphatic carbocycles. The Balaban J connectivity index is 1.59. The summed E-state index contributed by atoms with van der Waals surface area (Å²) in [5.74, 6) is -1.79. The summed E-state index contributed by atoms with van der Waals surface area (Å²) in [5.41, 5.74) is 0.775. The van der Waals surface area contributed by atoms with Gasteiger partial charge < -0.3 is 15.3 Å². The molecule has 6 nitrogen and oxygen atoms in total. The zero-order valence-corrected chi connectivity index (χ0v) is 14.7. The van der Waals surface area contributed by atoms with Gasteiger partial charge in [-0.2, -0.15) is 0 Å². The molecule has 24 heavy (non-hydrogen) atoms. The van der Waals surface area contributed by atoms with Gasteiger partial charge in [0.25, 0.3) is 0 Å². The molecule has 0 bridgehead atoms. The van der Waals surface area contributed by atoms with Gasteiger partial charge in [-0.3, -0.25) is 14.4 Å². The van der Waals surface area contributed by atoms with Crippen molar-refractivity contribution in [2.75, 3.05) is 11.4 Å². The van der Waals surface area contributed by atoms with Crippen molar-refractivity contribution in [3.8, 4) is 0 Å². The average molecular weight is 395 g/mol. The summed E-state index contributed by atoms with van der Waals surface area (Å²) in [7, 11) is 0. The van der Waals surface area contributed by atoms with Gasteiger partial charge in [0, 0.05) is 29.2 Å². The standard InChI is InChI=1S/C17H19BrN2O4/c18-12-2-1-3-14(8-12)20-9-11(7-15(20)21)16(22)19-13-5-4-10(6-13)17(23)24/h1-3,8,10-11,13H,4-7,9H2,(H,19,22)(H,23,24)/t10-,11?,13+/m1/s1. The lowest BCUT2D eigenvalue weighted by Gasteiger charge is -2.18. The fraction of sp³-hybridized carbons (Fsp3) is 0.471. The van der Waals surface area contributed by atoms with Crippen molar-refractivity contribution in [1.29, 1.82) is 0 Å². The van der Waals surface area contributed by atoms with Crippen LogP contribution in [0.4, 0.5) is 5.69 Å². The first-order valence-electron chi connectivity index (χ1n) is 8.03. The summed E-state index contributed by atoms with van der Waals surface area (Å²) in [4.78, 5) is 37.3. The number of hydrogen-bond acceptors (Lipinski definition) is 3. The molecule has 2 aliphatic rings. The van der Waals surface area contributed by atoms with Crippen LogP contribution in [-0.4, -0.2) is 35.5 Å². The first-order valence-corrected chi connectivity index (χ1v) is 8.82. The second kappa shape index (κ2) is 6.93. The highest BCUT2D eigenvalue weighted by Crippen LogP contribution is 2.29. The molecule has 0 aromatic heterocycles. The molecule has 3 atom stereocenters. The molecule has 2 amide bonds. The van der Waals surface area contributed by atoms with Crippen molar-refractivity contribution in [2.45, 2.75) is 31.7 Å². The third-order valence-corrected chi connectivity index (χ3v) is 5.24. The highest BCUT2D eigenvalue weighted by molar-refractivity contribution is 9.10. The van der Waals surface area contributed by atoms with Crippen LogP contribution >= 0.6 is 15.9 Å². The molecule has 1 aliphatic heterocycles. The summed E-state index contributed by atoms with van der Waals surface area (Å²) in [6.45, 7) is 0.357. The molecule has 1 heterocycles. The van der Waals surface area contributed by atoms with Gasteiger partial charge in [0.1, 0.15) is 0 Å². The van der Waals surface area contributed by atoms with Gasteiger partial charge >= 0.3 is 5.97 Å². The molecule has 1 unspecified atom stereocenters. The van der Waals surface area contributed by atoms with Crippen molar-refractivity contribution >= 4 is 39.4 Å². The summed E-state index contributed by atoms with van der Waals surface area (Å²) in [6, 6.07) is 7.33. The number of benzene rings is 1. The van der Waals surface area contributed by atoms with Crippen LogP contribution in [0.5, 0.6) is 0 Å². The fourth-order valence-corrected chi connectivity index (χ4v) is 3.82. The fourth-order valence-electron chi connectivity index (χ4n) is 3.43. The topological polar surface area (TPSA) is 86.7 Å². The molecule has 128 valence electrons. The number of hydrogen-bond donors (Lipinski definition) is 2. The van der Waals surface area contributed by atoms with E-state index in [0.29, 0.717) is 25.8 Å². The quantitative estimate of drug-likeness (QED) is 0.818. The molecule has 1 saturated heterocycles. The van der Waals surface area contributed by atoms with E-state index in [0.717, 1.165) is 10.2 Å².